The Morgan fingerprint density at radius 1 is 1.26 bits per heavy atom. The number of rotatable bonds is 6. The Kier molecular flexibility index (Phi) is 6.31. The molecule has 1 rings (SSSR count). The van der Waals surface area contributed by atoms with Crippen molar-refractivity contribution in [2.75, 3.05) is 0 Å². The van der Waals surface area contributed by atoms with Crippen molar-refractivity contribution in [1.82, 2.24) is 0 Å². The van der Waals surface area contributed by atoms with Crippen LogP contribution in [0.4, 0.5) is 0 Å². The molecular weight excluding hydrogens is 230 g/mol. The standard InChI is InChI=1S/C18H25N/c1-5-14(3)12-13-17(15(4)6-2)18(19)16-10-8-7-9-11-16/h5,7-13,15,18H,1,6,19H2,2-4H3/b14-12-,17-13+. The summed E-state index contributed by atoms with van der Waals surface area (Å²) in [7, 11) is 0. The van der Waals surface area contributed by atoms with Crippen molar-refractivity contribution < 1.29 is 0 Å². The number of allylic oxidation sites excluding steroid dienone is 4. The lowest BCUT2D eigenvalue weighted by Gasteiger charge is -2.21. The van der Waals surface area contributed by atoms with Crippen molar-refractivity contribution in [3.63, 3.8) is 0 Å². The summed E-state index contributed by atoms with van der Waals surface area (Å²) < 4.78 is 0. The fourth-order valence-electron chi connectivity index (χ4n) is 1.96. The van der Waals surface area contributed by atoms with Gasteiger partial charge in [0.25, 0.3) is 0 Å². The Hall–Kier alpha value is -1.60. The van der Waals surface area contributed by atoms with E-state index in [1.165, 1.54) is 11.1 Å². The summed E-state index contributed by atoms with van der Waals surface area (Å²) in [6.45, 7) is 10.2. The van der Waals surface area contributed by atoms with E-state index in [0.717, 1.165) is 12.0 Å². The minimum Gasteiger partial charge on any atom is -0.321 e. The quantitative estimate of drug-likeness (QED) is 0.727. The predicted octanol–water partition coefficient (Wildman–Crippen LogP) is 4.79. The van der Waals surface area contributed by atoms with Gasteiger partial charge < -0.3 is 5.73 Å². The van der Waals surface area contributed by atoms with Crippen molar-refractivity contribution in [3.8, 4) is 0 Å². The van der Waals surface area contributed by atoms with Crippen LogP contribution >= 0.6 is 0 Å². The van der Waals surface area contributed by atoms with E-state index >= 15 is 0 Å². The Morgan fingerprint density at radius 2 is 1.89 bits per heavy atom. The second-order valence-electron chi connectivity index (χ2n) is 4.98. The maximum atomic E-state index is 6.42. The zero-order chi connectivity index (χ0) is 14.3. The Labute approximate surface area is 117 Å². The zero-order valence-corrected chi connectivity index (χ0v) is 12.3. The molecule has 2 atom stereocenters. The first-order valence-corrected chi connectivity index (χ1v) is 6.91. The summed E-state index contributed by atoms with van der Waals surface area (Å²) in [5, 5.41) is 0. The Bertz CT molecular complexity index is 454. The van der Waals surface area contributed by atoms with Gasteiger partial charge >= 0.3 is 0 Å². The SMILES string of the molecule is C=C/C(C)=C\C=C(/C(C)CC)C(N)c1ccccc1. The second kappa shape index (κ2) is 7.75. The number of hydrogen-bond donors (Lipinski definition) is 1. The van der Waals surface area contributed by atoms with E-state index in [1.807, 2.05) is 31.2 Å². The molecule has 0 aliphatic rings. The molecule has 2 N–H and O–H groups in total. The lowest BCUT2D eigenvalue weighted by atomic mass is 9.88. The van der Waals surface area contributed by atoms with Crippen LogP contribution < -0.4 is 5.73 Å². The first-order valence-electron chi connectivity index (χ1n) is 6.91. The van der Waals surface area contributed by atoms with Gasteiger partial charge in [0.15, 0.2) is 0 Å². The monoisotopic (exact) mass is 255 g/mol. The van der Waals surface area contributed by atoms with Gasteiger partial charge in [0, 0.05) is 0 Å². The van der Waals surface area contributed by atoms with Crippen molar-refractivity contribution in [1.29, 1.82) is 0 Å². The maximum absolute atomic E-state index is 6.42. The largest absolute Gasteiger partial charge is 0.321 e. The molecule has 0 aliphatic carbocycles. The average Bonchev–Trinajstić information content (AvgIpc) is 2.47. The number of benzene rings is 1. The molecular formula is C18H25N. The van der Waals surface area contributed by atoms with Crippen molar-refractivity contribution >= 4 is 0 Å². The van der Waals surface area contributed by atoms with Crippen LogP contribution in [0.2, 0.25) is 0 Å². The van der Waals surface area contributed by atoms with Crippen LogP contribution in [0.5, 0.6) is 0 Å². The van der Waals surface area contributed by atoms with E-state index in [0.29, 0.717) is 5.92 Å². The van der Waals surface area contributed by atoms with Crippen molar-refractivity contribution in [2.45, 2.75) is 33.2 Å². The van der Waals surface area contributed by atoms with E-state index in [2.05, 4.69) is 44.7 Å². The van der Waals surface area contributed by atoms with Gasteiger partial charge in [0.05, 0.1) is 6.04 Å². The molecule has 0 saturated carbocycles. The van der Waals surface area contributed by atoms with Gasteiger partial charge in [0.1, 0.15) is 0 Å². The van der Waals surface area contributed by atoms with Crippen LogP contribution in [0, 0.1) is 5.92 Å². The van der Waals surface area contributed by atoms with E-state index in [4.69, 9.17) is 5.73 Å². The molecule has 2 unspecified atom stereocenters. The van der Waals surface area contributed by atoms with E-state index in [9.17, 15) is 0 Å². The molecule has 0 aromatic heterocycles. The first-order chi connectivity index (χ1) is 9.10. The molecule has 0 spiro atoms. The van der Waals surface area contributed by atoms with Crippen molar-refractivity contribution in [2.24, 2.45) is 11.7 Å². The molecule has 0 saturated heterocycles. The van der Waals surface area contributed by atoms with Crippen LogP contribution in [0.15, 0.2) is 66.3 Å². The molecule has 0 radical (unpaired) electrons. The van der Waals surface area contributed by atoms with Crippen LogP contribution in [0.3, 0.4) is 0 Å². The number of nitrogens with two attached hydrogens (primary N) is 1. The normalized spacial score (nSPS) is 16.0. The van der Waals surface area contributed by atoms with Gasteiger partial charge in [0.2, 0.25) is 0 Å². The summed E-state index contributed by atoms with van der Waals surface area (Å²) in [4.78, 5) is 0. The summed E-state index contributed by atoms with van der Waals surface area (Å²) >= 11 is 0. The van der Waals surface area contributed by atoms with E-state index in [1.54, 1.807) is 0 Å². The predicted molar refractivity (Wildman–Crippen MR) is 84.9 cm³/mol. The first kappa shape index (κ1) is 15.5. The molecule has 1 aromatic rings. The van der Waals surface area contributed by atoms with E-state index < -0.39 is 0 Å². The van der Waals surface area contributed by atoms with Crippen LogP contribution in [0.1, 0.15) is 38.8 Å². The van der Waals surface area contributed by atoms with Gasteiger partial charge in [-0.2, -0.15) is 0 Å². The Morgan fingerprint density at radius 3 is 2.42 bits per heavy atom. The van der Waals surface area contributed by atoms with Crippen LogP contribution in [0.25, 0.3) is 0 Å². The molecule has 102 valence electrons. The minimum absolute atomic E-state index is 0.0370. The lowest BCUT2D eigenvalue weighted by molar-refractivity contribution is 0.595. The van der Waals surface area contributed by atoms with Gasteiger partial charge in [-0.3, -0.25) is 0 Å². The topological polar surface area (TPSA) is 26.0 Å². The molecule has 1 nitrogen and oxygen atoms in total. The molecule has 0 heterocycles. The summed E-state index contributed by atoms with van der Waals surface area (Å²) in [6.07, 6.45) is 7.20. The molecule has 1 heteroatoms. The highest BCUT2D eigenvalue weighted by Gasteiger charge is 2.15. The molecule has 0 fully saturated rings. The summed E-state index contributed by atoms with van der Waals surface area (Å²) in [5.41, 5.74) is 10.0. The minimum atomic E-state index is -0.0370. The molecule has 1 aromatic carbocycles. The van der Waals surface area contributed by atoms with E-state index in [-0.39, 0.29) is 6.04 Å². The average molecular weight is 255 g/mol. The third-order valence-electron chi connectivity index (χ3n) is 3.56. The van der Waals surface area contributed by atoms with Gasteiger partial charge in [-0.05, 0) is 30.4 Å². The highest BCUT2D eigenvalue weighted by atomic mass is 14.6. The van der Waals surface area contributed by atoms with Crippen LogP contribution in [-0.4, -0.2) is 0 Å². The maximum Gasteiger partial charge on any atom is 0.0516 e. The molecule has 19 heavy (non-hydrogen) atoms. The van der Waals surface area contributed by atoms with Gasteiger partial charge in [-0.25, -0.2) is 0 Å². The molecule has 0 amide bonds. The highest BCUT2D eigenvalue weighted by molar-refractivity contribution is 5.32. The molecule has 0 bridgehead atoms. The Balaban J connectivity index is 3.07. The third-order valence-corrected chi connectivity index (χ3v) is 3.56. The summed E-state index contributed by atoms with van der Waals surface area (Å²) in [6, 6.07) is 10.2. The molecule has 0 aliphatic heterocycles. The smallest absolute Gasteiger partial charge is 0.0516 e. The summed E-state index contributed by atoms with van der Waals surface area (Å²) in [5.74, 6) is 0.476. The third kappa shape index (κ3) is 4.53. The van der Waals surface area contributed by atoms with Gasteiger partial charge in [-0.1, -0.05) is 74.6 Å². The fraction of sp³-hybridized carbons (Fsp3) is 0.333. The fourth-order valence-corrected chi connectivity index (χ4v) is 1.96. The zero-order valence-electron chi connectivity index (χ0n) is 12.3. The number of hydrogen-bond acceptors (Lipinski definition) is 1. The van der Waals surface area contributed by atoms with Gasteiger partial charge in [-0.15, -0.1) is 0 Å². The highest BCUT2D eigenvalue weighted by Crippen LogP contribution is 2.27. The lowest BCUT2D eigenvalue weighted by Crippen LogP contribution is -2.17. The van der Waals surface area contributed by atoms with Crippen LogP contribution in [-0.2, 0) is 0 Å². The second-order valence-corrected chi connectivity index (χ2v) is 4.98. The van der Waals surface area contributed by atoms with Crippen molar-refractivity contribution in [3.05, 3.63) is 71.8 Å².